The SMILES string of the molecule is Clc1nc(-c2ccccc2)nc(-c2ccc3sc4cccc(-c5ccc6ccccc6c5)c4c3c2)n1. The van der Waals surface area contributed by atoms with Crippen molar-refractivity contribution in [1.29, 1.82) is 0 Å². The Balaban J connectivity index is 1.43. The van der Waals surface area contributed by atoms with E-state index in [-0.39, 0.29) is 5.28 Å². The van der Waals surface area contributed by atoms with E-state index in [0.717, 1.165) is 11.1 Å². The third kappa shape index (κ3) is 3.63. The average Bonchev–Trinajstić information content (AvgIpc) is 3.31. The molecule has 0 spiro atoms. The number of fused-ring (bicyclic) bond motifs is 4. The van der Waals surface area contributed by atoms with Gasteiger partial charge in [-0.15, -0.1) is 11.3 Å². The highest BCUT2D eigenvalue weighted by atomic mass is 35.5. The highest BCUT2D eigenvalue weighted by Gasteiger charge is 2.15. The van der Waals surface area contributed by atoms with Crippen molar-refractivity contribution in [2.75, 3.05) is 0 Å². The lowest BCUT2D eigenvalue weighted by molar-refractivity contribution is 1.07. The van der Waals surface area contributed by atoms with Crippen LogP contribution < -0.4 is 0 Å². The van der Waals surface area contributed by atoms with Crippen LogP contribution in [0, 0.1) is 0 Å². The number of nitrogens with zero attached hydrogens (tertiary/aromatic N) is 3. The summed E-state index contributed by atoms with van der Waals surface area (Å²) < 4.78 is 2.48. The summed E-state index contributed by atoms with van der Waals surface area (Å²) in [7, 11) is 0. The van der Waals surface area contributed by atoms with Crippen LogP contribution in [0.25, 0.3) is 64.8 Å². The first-order valence-electron chi connectivity index (χ1n) is 11.6. The first-order valence-corrected chi connectivity index (χ1v) is 12.8. The summed E-state index contributed by atoms with van der Waals surface area (Å²) in [6.07, 6.45) is 0. The van der Waals surface area contributed by atoms with Gasteiger partial charge in [-0.2, -0.15) is 9.97 Å². The predicted octanol–water partition coefficient (Wildman–Crippen LogP) is 9.05. The second-order valence-electron chi connectivity index (χ2n) is 8.67. The van der Waals surface area contributed by atoms with Crippen LogP contribution in [0.2, 0.25) is 5.28 Å². The third-order valence-electron chi connectivity index (χ3n) is 6.45. The average molecular weight is 500 g/mol. The van der Waals surface area contributed by atoms with Gasteiger partial charge < -0.3 is 0 Å². The molecule has 0 radical (unpaired) electrons. The molecule has 0 aliphatic rings. The highest BCUT2D eigenvalue weighted by molar-refractivity contribution is 7.26. The van der Waals surface area contributed by atoms with Crippen LogP contribution in [0.4, 0.5) is 0 Å². The largest absolute Gasteiger partial charge is 0.226 e. The van der Waals surface area contributed by atoms with Gasteiger partial charge in [-0.25, -0.2) is 4.98 Å². The van der Waals surface area contributed by atoms with E-state index in [1.165, 1.54) is 42.1 Å². The van der Waals surface area contributed by atoms with Gasteiger partial charge in [0.2, 0.25) is 5.28 Å². The number of rotatable bonds is 3. The van der Waals surface area contributed by atoms with Crippen LogP contribution in [0.5, 0.6) is 0 Å². The molecule has 0 aliphatic heterocycles. The Morgan fingerprint density at radius 3 is 2.14 bits per heavy atom. The zero-order chi connectivity index (χ0) is 24.1. The molecule has 0 bridgehead atoms. The number of thiophene rings is 1. The molecule has 36 heavy (non-hydrogen) atoms. The van der Waals surface area contributed by atoms with Crippen LogP contribution in [0.3, 0.4) is 0 Å². The van der Waals surface area contributed by atoms with E-state index < -0.39 is 0 Å². The molecule has 0 atom stereocenters. The van der Waals surface area contributed by atoms with Gasteiger partial charge in [0.15, 0.2) is 11.6 Å². The van der Waals surface area contributed by atoms with Gasteiger partial charge in [0.1, 0.15) is 0 Å². The zero-order valence-electron chi connectivity index (χ0n) is 19.0. The van der Waals surface area contributed by atoms with Crippen LogP contribution in [-0.4, -0.2) is 15.0 Å². The van der Waals surface area contributed by atoms with Gasteiger partial charge >= 0.3 is 0 Å². The van der Waals surface area contributed by atoms with Crippen molar-refractivity contribution in [3.8, 4) is 33.9 Å². The van der Waals surface area contributed by atoms with Gasteiger partial charge in [0, 0.05) is 31.3 Å². The summed E-state index contributed by atoms with van der Waals surface area (Å²) >= 11 is 8.14. The molecular formula is C31H18ClN3S. The second kappa shape index (κ2) is 8.52. The van der Waals surface area contributed by atoms with Crippen LogP contribution in [-0.2, 0) is 0 Å². The summed E-state index contributed by atoms with van der Waals surface area (Å²) in [6.45, 7) is 0. The fourth-order valence-electron chi connectivity index (χ4n) is 4.76. The summed E-state index contributed by atoms with van der Waals surface area (Å²) in [5.74, 6) is 1.14. The van der Waals surface area contributed by atoms with Crippen LogP contribution >= 0.6 is 22.9 Å². The summed E-state index contributed by atoms with van der Waals surface area (Å²) in [5.41, 5.74) is 4.25. The normalized spacial score (nSPS) is 11.5. The monoisotopic (exact) mass is 499 g/mol. The van der Waals surface area contributed by atoms with E-state index >= 15 is 0 Å². The molecule has 0 saturated heterocycles. The maximum atomic E-state index is 6.33. The molecule has 3 nitrogen and oxygen atoms in total. The molecule has 0 unspecified atom stereocenters. The Morgan fingerprint density at radius 2 is 1.28 bits per heavy atom. The van der Waals surface area contributed by atoms with E-state index in [1.54, 1.807) is 11.3 Å². The quantitative estimate of drug-likeness (QED) is 0.243. The molecule has 7 aromatic rings. The summed E-state index contributed by atoms with van der Waals surface area (Å²) in [6, 6.07) is 37.9. The smallest absolute Gasteiger partial charge is 0.208 e. The van der Waals surface area contributed by atoms with E-state index in [4.69, 9.17) is 16.6 Å². The number of hydrogen-bond donors (Lipinski definition) is 0. The molecule has 2 heterocycles. The molecule has 5 heteroatoms. The van der Waals surface area contributed by atoms with Crippen molar-refractivity contribution in [2.45, 2.75) is 0 Å². The molecule has 0 saturated carbocycles. The van der Waals surface area contributed by atoms with E-state index in [2.05, 4.69) is 88.8 Å². The Morgan fingerprint density at radius 1 is 0.528 bits per heavy atom. The number of benzene rings is 5. The predicted molar refractivity (Wildman–Crippen MR) is 152 cm³/mol. The van der Waals surface area contributed by atoms with Crippen molar-refractivity contribution >= 4 is 53.9 Å². The fourth-order valence-corrected chi connectivity index (χ4v) is 6.03. The minimum Gasteiger partial charge on any atom is -0.208 e. The lowest BCUT2D eigenvalue weighted by Gasteiger charge is -2.08. The lowest BCUT2D eigenvalue weighted by atomic mass is 9.96. The molecular weight excluding hydrogens is 482 g/mol. The Hall–Kier alpha value is -4.12. The first kappa shape index (κ1) is 21.2. The zero-order valence-corrected chi connectivity index (χ0v) is 20.6. The lowest BCUT2D eigenvalue weighted by Crippen LogP contribution is -1.97. The number of halogens is 1. The molecule has 7 rings (SSSR count). The third-order valence-corrected chi connectivity index (χ3v) is 7.76. The van der Waals surface area contributed by atoms with Crippen LogP contribution in [0.15, 0.2) is 109 Å². The minimum atomic E-state index is 0.186. The van der Waals surface area contributed by atoms with Crippen LogP contribution in [0.1, 0.15) is 0 Å². The Bertz CT molecular complexity index is 1910. The molecule has 0 N–H and O–H groups in total. The molecule has 170 valence electrons. The Labute approximate surface area is 216 Å². The van der Waals surface area contributed by atoms with E-state index in [1.807, 2.05) is 30.3 Å². The maximum absolute atomic E-state index is 6.33. The van der Waals surface area contributed by atoms with Crippen molar-refractivity contribution in [1.82, 2.24) is 15.0 Å². The minimum absolute atomic E-state index is 0.186. The Kier molecular flexibility index (Phi) is 5.01. The maximum Gasteiger partial charge on any atom is 0.226 e. The summed E-state index contributed by atoms with van der Waals surface area (Å²) in [5, 5.41) is 5.10. The highest BCUT2D eigenvalue weighted by Crippen LogP contribution is 2.41. The second-order valence-corrected chi connectivity index (χ2v) is 10.1. The number of aromatic nitrogens is 3. The topological polar surface area (TPSA) is 38.7 Å². The van der Waals surface area contributed by atoms with Crippen molar-refractivity contribution < 1.29 is 0 Å². The molecule has 0 fully saturated rings. The molecule has 5 aromatic carbocycles. The van der Waals surface area contributed by atoms with Gasteiger partial charge in [-0.1, -0.05) is 78.9 Å². The van der Waals surface area contributed by atoms with Gasteiger partial charge in [-0.05, 0) is 63.8 Å². The van der Waals surface area contributed by atoms with Crippen molar-refractivity contribution in [3.05, 3.63) is 114 Å². The standard InChI is InChI=1S/C31H18ClN3S/c32-31-34-29(20-8-2-1-3-9-20)33-30(35-31)23-15-16-26-25(18-23)28-24(11-6-12-27(28)36-26)22-14-13-19-7-4-5-10-21(19)17-22/h1-18H. The van der Waals surface area contributed by atoms with E-state index in [0.29, 0.717) is 11.6 Å². The van der Waals surface area contributed by atoms with Gasteiger partial charge in [-0.3, -0.25) is 0 Å². The fraction of sp³-hybridized carbons (Fsp3) is 0. The van der Waals surface area contributed by atoms with Gasteiger partial charge in [0.05, 0.1) is 0 Å². The van der Waals surface area contributed by atoms with E-state index in [9.17, 15) is 0 Å². The molecule has 2 aromatic heterocycles. The van der Waals surface area contributed by atoms with Crippen molar-refractivity contribution in [2.24, 2.45) is 0 Å². The first-order chi connectivity index (χ1) is 17.7. The summed E-state index contributed by atoms with van der Waals surface area (Å²) in [4.78, 5) is 13.6. The van der Waals surface area contributed by atoms with Crippen molar-refractivity contribution in [3.63, 3.8) is 0 Å². The number of hydrogen-bond acceptors (Lipinski definition) is 4. The molecule has 0 amide bonds. The van der Waals surface area contributed by atoms with Gasteiger partial charge in [0.25, 0.3) is 0 Å². The molecule has 0 aliphatic carbocycles.